The lowest BCUT2D eigenvalue weighted by atomic mass is 10.1. The number of benzene rings is 1. The van der Waals surface area contributed by atoms with E-state index in [4.69, 9.17) is 0 Å². The van der Waals surface area contributed by atoms with Crippen molar-refractivity contribution in [3.63, 3.8) is 0 Å². The lowest BCUT2D eigenvalue weighted by Gasteiger charge is -2.32. The lowest BCUT2D eigenvalue weighted by molar-refractivity contribution is 0.0954. The molecule has 1 amide bonds. The standard InChI is InChI=1S/C20H32FN5O.HI/c1-4-11-26-12-7-17(8-13-26)25-20(22-3)24-10-9-23-19(27)16-6-5-15(2)18(21)14-16;/h5-6,14,17H,4,7-13H2,1-3H3,(H,23,27)(H2,22,24,25);1H. The van der Waals surface area contributed by atoms with Gasteiger partial charge in [-0.05, 0) is 50.4 Å². The monoisotopic (exact) mass is 505 g/mol. The van der Waals surface area contributed by atoms with Crippen molar-refractivity contribution in [2.75, 3.05) is 39.8 Å². The van der Waals surface area contributed by atoms with Gasteiger partial charge in [-0.3, -0.25) is 9.79 Å². The van der Waals surface area contributed by atoms with Gasteiger partial charge in [0.05, 0.1) is 0 Å². The molecule has 1 aliphatic rings. The summed E-state index contributed by atoms with van der Waals surface area (Å²) in [6, 6.07) is 4.94. The Balaban J connectivity index is 0.00000392. The summed E-state index contributed by atoms with van der Waals surface area (Å²) in [5.41, 5.74) is 0.864. The van der Waals surface area contributed by atoms with Crippen LogP contribution in [-0.4, -0.2) is 62.6 Å². The van der Waals surface area contributed by atoms with Crippen LogP contribution in [0.15, 0.2) is 23.2 Å². The fourth-order valence-electron chi connectivity index (χ4n) is 3.20. The normalized spacial score (nSPS) is 15.6. The number of halogens is 2. The van der Waals surface area contributed by atoms with Gasteiger partial charge in [0.25, 0.3) is 5.91 Å². The van der Waals surface area contributed by atoms with Gasteiger partial charge in [0.2, 0.25) is 0 Å². The van der Waals surface area contributed by atoms with E-state index < -0.39 is 0 Å². The number of rotatable bonds is 7. The molecule has 1 aliphatic heterocycles. The molecule has 158 valence electrons. The average molecular weight is 505 g/mol. The molecule has 0 bridgehead atoms. The maximum Gasteiger partial charge on any atom is 0.251 e. The van der Waals surface area contributed by atoms with Crippen LogP contribution in [0.1, 0.15) is 42.1 Å². The van der Waals surface area contributed by atoms with Crippen LogP contribution in [0.25, 0.3) is 0 Å². The fourth-order valence-corrected chi connectivity index (χ4v) is 3.20. The highest BCUT2D eigenvalue weighted by Gasteiger charge is 2.19. The third-order valence-electron chi connectivity index (χ3n) is 4.83. The minimum Gasteiger partial charge on any atom is -0.355 e. The van der Waals surface area contributed by atoms with Crippen molar-refractivity contribution in [3.8, 4) is 0 Å². The summed E-state index contributed by atoms with van der Waals surface area (Å²) in [4.78, 5) is 18.8. The fraction of sp³-hybridized carbons (Fsp3) is 0.600. The van der Waals surface area contributed by atoms with Crippen LogP contribution in [0.3, 0.4) is 0 Å². The molecule has 1 aromatic carbocycles. The SMILES string of the molecule is CCCN1CCC(NC(=NC)NCCNC(=O)c2ccc(C)c(F)c2)CC1.I. The topological polar surface area (TPSA) is 68.8 Å². The van der Waals surface area contributed by atoms with Crippen LogP contribution in [0.2, 0.25) is 0 Å². The molecule has 3 N–H and O–H groups in total. The number of nitrogens with one attached hydrogen (secondary N) is 3. The van der Waals surface area contributed by atoms with Crippen molar-refractivity contribution in [1.29, 1.82) is 0 Å². The zero-order valence-corrected chi connectivity index (χ0v) is 19.4. The van der Waals surface area contributed by atoms with E-state index in [1.54, 1.807) is 26.1 Å². The van der Waals surface area contributed by atoms with E-state index >= 15 is 0 Å². The summed E-state index contributed by atoms with van der Waals surface area (Å²) in [5.74, 6) is 0.108. The van der Waals surface area contributed by atoms with E-state index in [0.29, 0.717) is 30.3 Å². The van der Waals surface area contributed by atoms with Gasteiger partial charge in [0.15, 0.2) is 5.96 Å². The minimum absolute atomic E-state index is 0. The zero-order chi connectivity index (χ0) is 19.6. The van der Waals surface area contributed by atoms with E-state index in [2.05, 4.69) is 32.8 Å². The Morgan fingerprint density at radius 2 is 1.93 bits per heavy atom. The minimum atomic E-state index is -0.365. The summed E-state index contributed by atoms with van der Waals surface area (Å²) < 4.78 is 13.5. The van der Waals surface area contributed by atoms with Crippen molar-refractivity contribution in [1.82, 2.24) is 20.9 Å². The molecule has 0 radical (unpaired) electrons. The summed E-state index contributed by atoms with van der Waals surface area (Å²) in [6.07, 6.45) is 3.41. The first-order valence-corrected chi connectivity index (χ1v) is 9.77. The smallest absolute Gasteiger partial charge is 0.251 e. The highest BCUT2D eigenvalue weighted by atomic mass is 127. The maximum atomic E-state index is 13.5. The molecular weight excluding hydrogens is 472 g/mol. The van der Waals surface area contributed by atoms with E-state index in [0.717, 1.165) is 31.9 Å². The zero-order valence-electron chi connectivity index (χ0n) is 17.1. The first kappa shape index (κ1) is 24.6. The third kappa shape index (κ3) is 7.90. The first-order valence-electron chi connectivity index (χ1n) is 9.77. The second-order valence-corrected chi connectivity index (χ2v) is 6.98. The molecule has 28 heavy (non-hydrogen) atoms. The molecule has 1 heterocycles. The Morgan fingerprint density at radius 3 is 2.54 bits per heavy atom. The number of nitrogens with zero attached hydrogens (tertiary/aromatic N) is 2. The van der Waals surface area contributed by atoms with Gasteiger partial charge in [-0.15, -0.1) is 24.0 Å². The van der Waals surface area contributed by atoms with E-state index in [1.807, 2.05) is 0 Å². The van der Waals surface area contributed by atoms with Gasteiger partial charge in [-0.2, -0.15) is 0 Å². The Morgan fingerprint density at radius 1 is 1.25 bits per heavy atom. The van der Waals surface area contributed by atoms with Crippen LogP contribution >= 0.6 is 24.0 Å². The number of carbonyl (C=O) groups is 1. The van der Waals surface area contributed by atoms with Crippen molar-refractivity contribution < 1.29 is 9.18 Å². The quantitative estimate of drug-likeness (QED) is 0.231. The van der Waals surface area contributed by atoms with Gasteiger partial charge < -0.3 is 20.9 Å². The third-order valence-corrected chi connectivity index (χ3v) is 4.83. The highest BCUT2D eigenvalue weighted by molar-refractivity contribution is 14.0. The number of piperidine rings is 1. The number of hydrogen-bond donors (Lipinski definition) is 3. The van der Waals surface area contributed by atoms with Crippen molar-refractivity contribution >= 4 is 35.8 Å². The predicted molar refractivity (Wildman–Crippen MR) is 123 cm³/mol. The second kappa shape index (κ2) is 12.9. The van der Waals surface area contributed by atoms with Gasteiger partial charge in [-0.25, -0.2) is 4.39 Å². The number of likely N-dealkylation sites (tertiary alicyclic amines) is 1. The van der Waals surface area contributed by atoms with Crippen molar-refractivity contribution in [2.45, 2.75) is 39.2 Å². The predicted octanol–water partition coefficient (Wildman–Crippen LogP) is 2.52. The molecule has 0 saturated carbocycles. The molecule has 0 unspecified atom stereocenters. The summed E-state index contributed by atoms with van der Waals surface area (Å²) in [6.45, 7) is 8.28. The summed E-state index contributed by atoms with van der Waals surface area (Å²) in [7, 11) is 1.75. The lowest BCUT2D eigenvalue weighted by Crippen LogP contribution is -2.49. The van der Waals surface area contributed by atoms with E-state index in [1.165, 1.54) is 19.0 Å². The van der Waals surface area contributed by atoms with Crippen LogP contribution in [-0.2, 0) is 0 Å². The van der Waals surface area contributed by atoms with Crippen LogP contribution in [0.5, 0.6) is 0 Å². The molecule has 8 heteroatoms. The number of hydrogen-bond acceptors (Lipinski definition) is 3. The molecule has 1 aromatic rings. The molecule has 0 aromatic heterocycles. The van der Waals surface area contributed by atoms with E-state index in [9.17, 15) is 9.18 Å². The largest absolute Gasteiger partial charge is 0.355 e. The number of carbonyl (C=O) groups excluding carboxylic acids is 1. The highest BCUT2D eigenvalue weighted by Crippen LogP contribution is 2.10. The second-order valence-electron chi connectivity index (χ2n) is 6.98. The Labute approximate surface area is 184 Å². The number of amides is 1. The van der Waals surface area contributed by atoms with Crippen LogP contribution < -0.4 is 16.0 Å². The van der Waals surface area contributed by atoms with Gasteiger partial charge in [0.1, 0.15) is 5.82 Å². The molecule has 0 aliphatic carbocycles. The first-order chi connectivity index (χ1) is 13.0. The number of aliphatic imine (C=N–C) groups is 1. The molecule has 1 saturated heterocycles. The Hall–Kier alpha value is -1.42. The number of guanidine groups is 1. The van der Waals surface area contributed by atoms with Crippen molar-refractivity contribution in [3.05, 3.63) is 35.1 Å². The summed E-state index contributed by atoms with van der Waals surface area (Å²) >= 11 is 0. The molecular formula is C20H33FIN5O. The van der Waals surface area contributed by atoms with Gasteiger partial charge >= 0.3 is 0 Å². The maximum absolute atomic E-state index is 13.5. The van der Waals surface area contributed by atoms with E-state index in [-0.39, 0.29) is 35.7 Å². The van der Waals surface area contributed by atoms with Crippen LogP contribution in [0, 0.1) is 12.7 Å². The summed E-state index contributed by atoms with van der Waals surface area (Å²) in [5, 5.41) is 9.46. The average Bonchev–Trinajstić information content (AvgIpc) is 2.67. The molecule has 2 rings (SSSR count). The Bertz CT molecular complexity index is 647. The number of aryl methyl sites for hydroxylation is 1. The van der Waals surface area contributed by atoms with Gasteiger partial charge in [0, 0.05) is 44.8 Å². The molecule has 1 fully saturated rings. The van der Waals surface area contributed by atoms with Crippen LogP contribution in [0.4, 0.5) is 4.39 Å². The molecule has 0 spiro atoms. The van der Waals surface area contributed by atoms with Gasteiger partial charge in [-0.1, -0.05) is 13.0 Å². The molecule has 0 atom stereocenters. The molecule has 6 nitrogen and oxygen atoms in total. The van der Waals surface area contributed by atoms with Crippen molar-refractivity contribution in [2.24, 2.45) is 4.99 Å². The Kier molecular flexibility index (Phi) is 11.4.